The van der Waals surface area contributed by atoms with E-state index in [0.29, 0.717) is 0 Å². The van der Waals surface area contributed by atoms with Gasteiger partial charge in [-0.2, -0.15) is 0 Å². The van der Waals surface area contributed by atoms with E-state index in [1.165, 1.54) is 56.9 Å². The Kier molecular flexibility index (Phi) is 6.79. The quantitative estimate of drug-likeness (QED) is 0.399. The third-order valence-electron chi connectivity index (χ3n) is 4.81. The van der Waals surface area contributed by atoms with Gasteiger partial charge in [0.1, 0.15) is 0 Å². The van der Waals surface area contributed by atoms with Crippen LogP contribution in [0.3, 0.4) is 0 Å². The topological polar surface area (TPSA) is 0 Å². The van der Waals surface area contributed by atoms with E-state index in [-0.39, 0.29) is 0 Å². The zero-order valence-corrected chi connectivity index (χ0v) is 13.6. The van der Waals surface area contributed by atoms with Crippen molar-refractivity contribution in [2.75, 3.05) is 0 Å². The van der Waals surface area contributed by atoms with Crippen molar-refractivity contribution in [1.82, 2.24) is 0 Å². The monoisotopic (exact) mass is 282 g/mol. The Hall–Kier alpha value is -1.30. The first-order chi connectivity index (χ1) is 10.3. The van der Waals surface area contributed by atoms with Crippen molar-refractivity contribution in [3.8, 4) is 0 Å². The number of rotatable bonds is 7. The van der Waals surface area contributed by atoms with Crippen molar-refractivity contribution in [2.24, 2.45) is 5.92 Å². The maximum atomic E-state index is 3.76. The van der Waals surface area contributed by atoms with Crippen LogP contribution in [0.4, 0.5) is 0 Å². The molecule has 0 heteroatoms. The van der Waals surface area contributed by atoms with Gasteiger partial charge in [-0.05, 0) is 61.5 Å². The Balaban J connectivity index is 1.83. The molecule has 0 spiro atoms. The molecule has 2 rings (SSSR count). The van der Waals surface area contributed by atoms with Crippen LogP contribution >= 0.6 is 0 Å². The summed E-state index contributed by atoms with van der Waals surface area (Å²) in [4.78, 5) is 0. The summed E-state index contributed by atoms with van der Waals surface area (Å²) in [6, 6.07) is 9.47. The molecule has 0 amide bonds. The molecule has 0 aliphatic heterocycles. The fraction of sp³-hybridized carbons (Fsp3) is 0.524. The van der Waals surface area contributed by atoms with Crippen LogP contribution < -0.4 is 0 Å². The Labute approximate surface area is 131 Å². The summed E-state index contributed by atoms with van der Waals surface area (Å²) in [7, 11) is 0. The minimum atomic E-state index is 0.771. The van der Waals surface area contributed by atoms with Gasteiger partial charge in [-0.25, -0.2) is 0 Å². The van der Waals surface area contributed by atoms with Crippen LogP contribution in [-0.4, -0.2) is 0 Å². The lowest BCUT2D eigenvalue weighted by Gasteiger charge is -2.27. The third-order valence-corrected chi connectivity index (χ3v) is 4.81. The molecule has 1 aliphatic rings. The molecule has 0 aromatic heterocycles. The molecule has 0 N–H and O–H groups in total. The van der Waals surface area contributed by atoms with Crippen LogP contribution in [0.15, 0.2) is 49.1 Å². The lowest BCUT2D eigenvalue weighted by molar-refractivity contribution is 0.376. The lowest BCUT2D eigenvalue weighted by Crippen LogP contribution is -2.11. The van der Waals surface area contributed by atoms with Crippen molar-refractivity contribution < 1.29 is 0 Å². The Bertz CT molecular complexity index is 430. The largest absolute Gasteiger partial charge is 0.0991 e. The zero-order chi connectivity index (χ0) is 14.9. The van der Waals surface area contributed by atoms with Crippen molar-refractivity contribution in [1.29, 1.82) is 0 Å². The van der Waals surface area contributed by atoms with Crippen LogP contribution in [0, 0.1) is 5.92 Å². The average Bonchev–Trinajstić information content (AvgIpc) is 2.54. The molecular formula is C21H30. The molecule has 1 fully saturated rings. The molecule has 0 atom stereocenters. The minimum absolute atomic E-state index is 0.771. The van der Waals surface area contributed by atoms with Gasteiger partial charge in [-0.3, -0.25) is 0 Å². The van der Waals surface area contributed by atoms with Gasteiger partial charge in [0, 0.05) is 0 Å². The van der Waals surface area contributed by atoms with E-state index in [9.17, 15) is 0 Å². The van der Waals surface area contributed by atoms with Gasteiger partial charge < -0.3 is 0 Å². The van der Waals surface area contributed by atoms with Gasteiger partial charge in [0.05, 0.1) is 0 Å². The second-order valence-corrected chi connectivity index (χ2v) is 6.43. The van der Waals surface area contributed by atoms with Crippen molar-refractivity contribution in [2.45, 2.75) is 64.2 Å². The Morgan fingerprint density at radius 2 is 1.76 bits per heavy atom. The molecule has 1 aliphatic carbocycles. The van der Waals surface area contributed by atoms with E-state index in [4.69, 9.17) is 0 Å². The molecule has 21 heavy (non-hydrogen) atoms. The molecule has 0 bridgehead atoms. The maximum absolute atomic E-state index is 3.76. The number of benzene rings is 1. The molecule has 1 aromatic rings. The lowest BCUT2D eigenvalue weighted by atomic mass is 9.78. The Morgan fingerprint density at radius 3 is 2.38 bits per heavy atom. The molecule has 1 saturated carbocycles. The number of hydrogen-bond acceptors (Lipinski definition) is 0. The maximum Gasteiger partial charge on any atom is -0.0162 e. The van der Waals surface area contributed by atoms with E-state index < -0.39 is 0 Å². The van der Waals surface area contributed by atoms with E-state index in [2.05, 4.69) is 49.9 Å². The molecule has 1 aromatic carbocycles. The standard InChI is InChI=1S/C21H30/c1-3-5-7-9-19-12-16-21(17-13-19)20-14-10-18(11-15-20)8-6-4-2/h4,6,8,12-13,16-18,20H,2-3,5,7,9-11,14-15H2,1H3. The van der Waals surface area contributed by atoms with Crippen molar-refractivity contribution >= 4 is 0 Å². The SMILES string of the molecule is C=CC=CC1CCC(c2ccc(CCCCC)cc2)CC1. The van der Waals surface area contributed by atoms with Gasteiger partial charge in [0.15, 0.2) is 0 Å². The fourth-order valence-corrected chi connectivity index (χ4v) is 3.42. The average molecular weight is 282 g/mol. The minimum Gasteiger partial charge on any atom is -0.0991 e. The summed E-state index contributed by atoms with van der Waals surface area (Å²) >= 11 is 0. The third kappa shape index (κ3) is 5.19. The highest BCUT2D eigenvalue weighted by atomic mass is 14.3. The van der Waals surface area contributed by atoms with Crippen LogP contribution in [0.1, 0.15) is 68.9 Å². The van der Waals surface area contributed by atoms with Gasteiger partial charge >= 0.3 is 0 Å². The summed E-state index contributed by atoms with van der Waals surface area (Å²) in [6.45, 7) is 6.02. The van der Waals surface area contributed by atoms with Gasteiger partial charge in [-0.15, -0.1) is 0 Å². The van der Waals surface area contributed by atoms with E-state index in [0.717, 1.165) is 11.8 Å². The predicted molar refractivity (Wildman–Crippen MR) is 93.7 cm³/mol. The number of hydrogen-bond donors (Lipinski definition) is 0. The summed E-state index contributed by atoms with van der Waals surface area (Å²) < 4.78 is 0. The number of unbranched alkanes of at least 4 members (excludes halogenated alkanes) is 2. The highest BCUT2D eigenvalue weighted by Crippen LogP contribution is 2.36. The number of allylic oxidation sites excluding steroid dienone is 3. The highest BCUT2D eigenvalue weighted by molar-refractivity contribution is 5.26. The van der Waals surface area contributed by atoms with E-state index in [1.807, 2.05) is 6.08 Å². The van der Waals surface area contributed by atoms with Crippen LogP contribution in [0.5, 0.6) is 0 Å². The summed E-state index contributed by atoms with van der Waals surface area (Å²) in [5.41, 5.74) is 3.06. The van der Waals surface area contributed by atoms with Gasteiger partial charge in [0.2, 0.25) is 0 Å². The molecule has 0 unspecified atom stereocenters. The van der Waals surface area contributed by atoms with Crippen LogP contribution in [0.25, 0.3) is 0 Å². The zero-order valence-electron chi connectivity index (χ0n) is 13.6. The normalized spacial score (nSPS) is 22.5. The molecule has 0 heterocycles. The molecule has 0 nitrogen and oxygen atoms in total. The van der Waals surface area contributed by atoms with Crippen molar-refractivity contribution in [3.05, 3.63) is 60.2 Å². The van der Waals surface area contributed by atoms with Crippen molar-refractivity contribution in [3.63, 3.8) is 0 Å². The second kappa shape index (κ2) is 8.87. The summed E-state index contributed by atoms with van der Waals surface area (Å²) in [5, 5.41) is 0. The molecule has 114 valence electrons. The molecular weight excluding hydrogens is 252 g/mol. The first-order valence-corrected chi connectivity index (χ1v) is 8.71. The smallest absolute Gasteiger partial charge is 0.0162 e. The molecule has 0 saturated heterocycles. The predicted octanol–water partition coefficient (Wildman–Crippen LogP) is 6.44. The summed E-state index contributed by atoms with van der Waals surface area (Å²) in [6.07, 6.45) is 16.9. The van der Waals surface area contributed by atoms with E-state index >= 15 is 0 Å². The summed E-state index contributed by atoms with van der Waals surface area (Å²) in [5.74, 6) is 1.55. The number of aryl methyl sites for hydroxylation is 1. The first kappa shape index (κ1) is 16.1. The van der Waals surface area contributed by atoms with E-state index in [1.54, 1.807) is 5.56 Å². The Morgan fingerprint density at radius 1 is 1.05 bits per heavy atom. The van der Waals surface area contributed by atoms with Gasteiger partial charge in [0.25, 0.3) is 0 Å². The first-order valence-electron chi connectivity index (χ1n) is 8.71. The van der Waals surface area contributed by atoms with Gasteiger partial charge in [-0.1, -0.05) is 68.8 Å². The molecule has 0 radical (unpaired) electrons. The second-order valence-electron chi connectivity index (χ2n) is 6.43. The highest BCUT2D eigenvalue weighted by Gasteiger charge is 2.20. The van der Waals surface area contributed by atoms with Crippen LogP contribution in [0.2, 0.25) is 0 Å². The fourth-order valence-electron chi connectivity index (χ4n) is 3.42. The van der Waals surface area contributed by atoms with Crippen LogP contribution in [-0.2, 0) is 6.42 Å².